The second kappa shape index (κ2) is 4.11. The van der Waals surface area contributed by atoms with Gasteiger partial charge in [-0.25, -0.2) is 9.97 Å². The van der Waals surface area contributed by atoms with Crippen molar-refractivity contribution in [2.45, 2.75) is 0 Å². The third-order valence-corrected chi connectivity index (χ3v) is 2.84. The summed E-state index contributed by atoms with van der Waals surface area (Å²) in [6.45, 7) is 0. The molecule has 0 bridgehead atoms. The van der Waals surface area contributed by atoms with Crippen molar-refractivity contribution in [1.82, 2.24) is 15.0 Å². The molecular formula is C13H8ClN3. The minimum absolute atomic E-state index is 0.652. The fourth-order valence-electron chi connectivity index (χ4n) is 1.67. The van der Waals surface area contributed by atoms with Crippen molar-refractivity contribution in [3.8, 4) is 11.3 Å². The van der Waals surface area contributed by atoms with Gasteiger partial charge in [0.05, 0.1) is 10.7 Å². The average molecular weight is 242 g/mol. The van der Waals surface area contributed by atoms with Gasteiger partial charge in [0.15, 0.2) is 5.65 Å². The molecule has 0 saturated heterocycles. The van der Waals surface area contributed by atoms with E-state index in [-0.39, 0.29) is 0 Å². The van der Waals surface area contributed by atoms with Crippen LogP contribution in [0.2, 0.25) is 5.02 Å². The first-order valence-corrected chi connectivity index (χ1v) is 5.54. The molecule has 3 rings (SSSR count). The zero-order valence-corrected chi connectivity index (χ0v) is 9.59. The molecule has 0 unspecified atom stereocenters. The highest BCUT2D eigenvalue weighted by molar-refractivity contribution is 6.35. The summed E-state index contributed by atoms with van der Waals surface area (Å²) in [7, 11) is 0. The number of rotatable bonds is 1. The molecule has 4 heteroatoms. The van der Waals surface area contributed by atoms with Crippen molar-refractivity contribution in [1.29, 1.82) is 0 Å². The molecular weight excluding hydrogens is 234 g/mol. The SMILES string of the molecule is Clc1ccnc2nc(-c3cccnc3)ccc12. The maximum atomic E-state index is 6.06. The van der Waals surface area contributed by atoms with Crippen molar-refractivity contribution < 1.29 is 0 Å². The van der Waals surface area contributed by atoms with Crippen LogP contribution < -0.4 is 0 Å². The Morgan fingerprint density at radius 3 is 2.76 bits per heavy atom. The number of hydrogen-bond donors (Lipinski definition) is 0. The van der Waals surface area contributed by atoms with Crippen LogP contribution >= 0.6 is 11.6 Å². The first kappa shape index (κ1) is 10.2. The van der Waals surface area contributed by atoms with Gasteiger partial charge in [0.25, 0.3) is 0 Å². The number of nitrogens with zero attached hydrogens (tertiary/aromatic N) is 3. The summed E-state index contributed by atoms with van der Waals surface area (Å²) in [6, 6.07) is 9.46. The number of aromatic nitrogens is 3. The summed E-state index contributed by atoms with van der Waals surface area (Å²) < 4.78 is 0. The fraction of sp³-hybridized carbons (Fsp3) is 0. The van der Waals surface area contributed by atoms with Crippen LogP contribution in [-0.4, -0.2) is 15.0 Å². The first-order valence-electron chi connectivity index (χ1n) is 5.16. The standard InChI is InChI=1S/C13H8ClN3/c14-11-5-7-16-13-10(11)3-4-12(17-13)9-2-1-6-15-8-9/h1-8H. The molecule has 3 nitrogen and oxygen atoms in total. The predicted molar refractivity (Wildman–Crippen MR) is 67.8 cm³/mol. The van der Waals surface area contributed by atoms with E-state index >= 15 is 0 Å². The molecule has 0 aromatic carbocycles. The lowest BCUT2D eigenvalue weighted by molar-refractivity contribution is 1.26. The Labute approximate surface area is 103 Å². The molecule has 0 aliphatic heterocycles. The Kier molecular flexibility index (Phi) is 2.46. The Morgan fingerprint density at radius 2 is 1.94 bits per heavy atom. The topological polar surface area (TPSA) is 38.7 Å². The van der Waals surface area contributed by atoms with E-state index in [2.05, 4.69) is 15.0 Å². The third kappa shape index (κ3) is 1.85. The molecule has 0 saturated carbocycles. The molecule has 0 radical (unpaired) electrons. The van der Waals surface area contributed by atoms with E-state index in [4.69, 9.17) is 11.6 Å². The first-order chi connectivity index (χ1) is 8.34. The van der Waals surface area contributed by atoms with Gasteiger partial charge >= 0.3 is 0 Å². The summed E-state index contributed by atoms with van der Waals surface area (Å²) in [4.78, 5) is 12.8. The van der Waals surface area contributed by atoms with E-state index in [1.807, 2.05) is 24.3 Å². The van der Waals surface area contributed by atoms with Crippen LogP contribution in [0.4, 0.5) is 0 Å². The highest BCUT2D eigenvalue weighted by atomic mass is 35.5. The fourth-order valence-corrected chi connectivity index (χ4v) is 1.88. The summed E-state index contributed by atoms with van der Waals surface area (Å²) in [5.41, 5.74) is 2.47. The lowest BCUT2D eigenvalue weighted by Gasteiger charge is -2.02. The second-order valence-electron chi connectivity index (χ2n) is 3.60. The van der Waals surface area contributed by atoms with Crippen molar-refractivity contribution in [3.05, 3.63) is 53.9 Å². The molecule has 3 aromatic rings. The minimum atomic E-state index is 0.652. The lowest BCUT2D eigenvalue weighted by atomic mass is 10.1. The third-order valence-electron chi connectivity index (χ3n) is 2.51. The molecule has 0 fully saturated rings. The Balaban J connectivity index is 2.21. The molecule has 0 spiro atoms. The van der Waals surface area contributed by atoms with Gasteiger partial charge in [-0.05, 0) is 30.3 Å². The van der Waals surface area contributed by atoms with E-state index in [1.165, 1.54) is 0 Å². The number of halogens is 1. The maximum absolute atomic E-state index is 6.06. The smallest absolute Gasteiger partial charge is 0.161 e. The molecule has 3 aromatic heterocycles. The van der Waals surface area contributed by atoms with Crippen LogP contribution in [-0.2, 0) is 0 Å². The van der Waals surface area contributed by atoms with Gasteiger partial charge in [-0.2, -0.15) is 0 Å². The molecule has 17 heavy (non-hydrogen) atoms. The van der Waals surface area contributed by atoms with E-state index in [0.29, 0.717) is 10.7 Å². The highest BCUT2D eigenvalue weighted by Crippen LogP contribution is 2.23. The van der Waals surface area contributed by atoms with Crippen molar-refractivity contribution in [2.75, 3.05) is 0 Å². The Morgan fingerprint density at radius 1 is 1.00 bits per heavy atom. The van der Waals surface area contributed by atoms with E-state index < -0.39 is 0 Å². The second-order valence-corrected chi connectivity index (χ2v) is 4.01. The Bertz CT molecular complexity index is 668. The van der Waals surface area contributed by atoms with Crippen LogP contribution in [0.5, 0.6) is 0 Å². The van der Waals surface area contributed by atoms with Gasteiger partial charge in [-0.3, -0.25) is 4.98 Å². The molecule has 0 atom stereocenters. The molecule has 3 heterocycles. The zero-order chi connectivity index (χ0) is 11.7. The summed E-state index contributed by atoms with van der Waals surface area (Å²) in [5, 5.41) is 1.53. The van der Waals surface area contributed by atoms with Crippen LogP contribution in [0, 0.1) is 0 Å². The maximum Gasteiger partial charge on any atom is 0.161 e. The summed E-state index contributed by atoms with van der Waals surface area (Å²) in [6.07, 6.45) is 5.17. The van der Waals surface area contributed by atoms with Gasteiger partial charge < -0.3 is 0 Å². The van der Waals surface area contributed by atoms with Crippen LogP contribution in [0.1, 0.15) is 0 Å². The van der Waals surface area contributed by atoms with Crippen LogP contribution in [0.15, 0.2) is 48.9 Å². The largest absolute Gasteiger partial charge is 0.264 e. The van der Waals surface area contributed by atoms with Crippen molar-refractivity contribution >= 4 is 22.6 Å². The zero-order valence-electron chi connectivity index (χ0n) is 8.84. The molecule has 0 amide bonds. The van der Waals surface area contributed by atoms with Crippen LogP contribution in [0.3, 0.4) is 0 Å². The lowest BCUT2D eigenvalue weighted by Crippen LogP contribution is -1.88. The quantitative estimate of drug-likeness (QED) is 0.656. The summed E-state index contributed by atoms with van der Waals surface area (Å²) in [5.74, 6) is 0. The van der Waals surface area contributed by atoms with Crippen molar-refractivity contribution in [2.24, 2.45) is 0 Å². The van der Waals surface area contributed by atoms with E-state index in [0.717, 1.165) is 16.6 Å². The average Bonchev–Trinajstić information content (AvgIpc) is 2.40. The van der Waals surface area contributed by atoms with Crippen molar-refractivity contribution in [3.63, 3.8) is 0 Å². The molecule has 82 valence electrons. The minimum Gasteiger partial charge on any atom is -0.264 e. The molecule has 0 aliphatic rings. The number of hydrogen-bond acceptors (Lipinski definition) is 3. The van der Waals surface area contributed by atoms with E-state index in [9.17, 15) is 0 Å². The van der Waals surface area contributed by atoms with E-state index in [1.54, 1.807) is 24.7 Å². The molecule has 0 N–H and O–H groups in total. The predicted octanol–water partition coefficient (Wildman–Crippen LogP) is 3.35. The molecule has 0 aliphatic carbocycles. The van der Waals surface area contributed by atoms with Crippen LogP contribution in [0.25, 0.3) is 22.3 Å². The van der Waals surface area contributed by atoms with Gasteiger partial charge in [0, 0.05) is 29.5 Å². The highest BCUT2D eigenvalue weighted by Gasteiger charge is 2.04. The number of pyridine rings is 3. The van der Waals surface area contributed by atoms with Gasteiger partial charge in [0.2, 0.25) is 0 Å². The van der Waals surface area contributed by atoms with Gasteiger partial charge in [-0.1, -0.05) is 11.6 Å². The summed E-state index contributed by atoms with van der Waals surface area (Å²) >= 11 is 6.06. The van der Waals surface area contributed by atoms with Gasteiger partial charge in [-0.15, -0.1) is 0 Å². The number of fused-ring (bicyclic) bond motifs is 1. The van der Waals surface area contributed by atoms with Gasteiger partial charge in [0.1, 0.15) is 0 Å². The monoisotopic (exact) mass is 241 g/mol. The Hall–Kier alpha value is -2.00. The normalized spacial score (nSPS) is 10.6.